The van der Waals surface area contributed by atoms with Crippen molar-refractivity contribution in [2.75, 3.05) is 61.8 Å². The summed E-state index contributed by atoms with van der Waals surface area (Å²) in [4.78, 5) is 19.3. The fourth-order valence-electron chi connectivity index (χ4n) is 4.87. The van der Waals surface area contributed by atoms with E-state index in [4.69, 9.17) is 16.6 Å². The van der Waals surface area contributed by atoms with Gasteiger partial charge in [-0.25, -0.2) is 0 Å². The molecule has 36 heavy (non-hydrogen) atoms. The Morgan fingerprint density at radius 1 is 1.14 bits per heavy atom. The summed E-state index contributed by atoms with van der Waals surface area (Å²) in [6.45, 7) is 7.44. The van der Waals surface area contributed by atoms with Crippen LogP contribution in [0.2, 0.25) is 5.02 Å². The molecule has 5 rings (SSSR count). The fraction of sp³-hybridized carbons (Fsp3) is 0.462. The molecule has 0 bridgehead atoms. The van der Waals surface area contributed by atoms with Crippen LogP contribution < -0.4 is 15.5 Å². The van der Waals surface area contributed by atoms with Gasteiger partial charge in [-0.1, -0.05) is 17.5 Å². The highest BCUT2D eigenvalue weighted by atomic mass is 35.5. The zero-order chi connectivity index (χ0) is 25.1. The third kappa shape index (κ3) is 5.52. The minimum Gasteiger partial charge on any atom is -0.369 e. The monoisotopic (exact) mass is 508 g/mol. The highest BCUT2D eigenvalue weighted by Gasteiger charge is 2.25. The zero-order valence-electron chi connectivity index (χ0n) is 20.8. The molecule has 2 atom stereocenters. The smallest absolute Gasteiger partial charge is 0.231 e. The molecule has 3 aromatic rings. The van der Waals surface area contributed by atoms with E-state index in [1.165, 1.54) is 5.69 Å². The summed E-state index contributed by atoms with van der Waals surface area (Å²) >= 11 is 6.48. The molecule has 0 spiro atoms. The third-order valence-electron chi connectivity index (χ3n) is 6.89. The third-order valence-corrected chi connectivity index (χ3v) is 7.19. The van der Waals surface area contributed by atoms with Crippen LogP contribution in [-0.4, -0.2) is 88.4 Å². The Hall–Kier alpha value is -3.03. The van der Waals surface area contributed by atoms with E-state index in [-0.39, 0.29) is 6.04 Å². The summed E-state index contributed by atoms with van der Waals surface area (Å²) in [5.41, 5.74) is 2.81. The molecule has 2 aliphatic heterocycles. The van der Waals surface area contributed by atoms with Crippen molar-refractivity contribution in [2.24, 2.45) is 0 Å². The summed E-state index contributed by atoms with van der Waals surface area (Å²) in [6, 6.07) is 8.50. The van der Waals surface area contributed by atoms with Crippen molar-refractivity contribution in [2.45, 2.75) is 32.0 Å². The van der Waals surface area contributed by atoms with E-state index >= 15 is 0 Å². The van der Waals surface area contributed by atoms with Crippen molar-refractivity contribution >= 4 is 45.8 Å². The van der Waals surface area contributed by atoms with Gasteiger partial charge in [0.2, 0.25) is 5.95 Å². The molecule has 190 valence electrons. The lowest BCUT2D eigenvalue weighted by Gasteiger charge is -2.34. The summed E-state index contributed by atoms with van der Waals surface area (Å²) in [6.07, 6.45) is 2.90. The number of benzene rings is 1. The first-order chi connectivity index (χ1) is 17.5. The maximum absolute atomic E-state index is 10.3. The molecule has 2 aromatic heterocycles. The lowest BCUT2D eigenvalue weighted by Crippen LogP contribution is -2.46. The van der Waals surface area contributed by atoms with Gasteiger partial charge in [0.15, 0.2) is 6.23 Å². The number of aromatic nitrogens is 3. The molecular formula is C26H33ClN8O. The molecule has 2 aliphatic rings. The quantitative estimate of drug-likeness (QED) is 0.377. The number of likely N-dealkylation sites (N-methyl/N-ethyl adjacent to an activating group) is 1. The molecule has 0 saturated carbocycles. The first-order valence-corrected chi connectivity index (χ1v) is 12.8. The number of anilines is 4. The van der Waals surface area contributed by atoms with E-state index in [1.54, 1.807) is 13.1 Å². The van der Waals surface area contributed by atoms with Gasteiger partial charge in [0.1, 0.15) is 11.5 Å². The molecule has 10 heteroatoms. The van der Waals surface area contributed by atoms with Gasteiger partial charge in [-0.2, -0.15) is 9.97 Å². The van der Waals surface area contributed by atoms with Crippen LogP contribution >= 0.6 is 11.6 Å². The predicted molar refractivity (Wildman–Crippen MR) is 146 cm³/mol. The van der Waals surface area contributed by atoms with E-state index < -0.39 is 6.23 Å². The maximum atomic E-state index is 10.3. The van der Waals surface area contributed by atoms with Crippen LogP contribution in [0.15, 0.2) is 30.5 Å². The normalized spacial score (nSPS) is 20.1. The SMILES string of the molecule is CC#CC(O)N1CCCC(Nc2nc(Nc3ccc(N4CCN(C)CC4)cc3)nc3[nH]cc(Cl)c23)C1. The maximum Gasteiger partial charge on any atom is 0.231 e. The van der Waals surface area contributed by atoms with Gasteiger partial charge in [0.05, 0.1) is 10.4 Å². The number of hydrogen-bond donors (Lipinski definition) is 4. The Morgan fingerprint density at radius 3 is 2.67 bits per heavy atom. The number of nitrogens with one attached hydrogen (secondary N) is 3. The van der Waals surface area contributed by atoms with Gasteiger partial charge in [-0.3, -0.25) is 4.90 Å². The summed E-state index contributed by atoms with van der Waals surface area (Å²) in [7, 11) is 2.16. The van der Waals surface area contributed by atoms with Crippen molar-refractivity contribution in [3.05, 3.63) is 35.5 Å². The predicted octanol–water partition coefficient (Wildman–Crippen LogP) is 3.32. The number of nitrogens with zero attached hydrogens (tertiary/aromatic N) is 5. The number of halogens is 1. The topological polar surface area (TPSA) is 95.6 Å². The largest absolute Gasteiger partial charge is 0.369 e. The first kappa shape index (κ1) is 24.7. The number of aliphatic hydroxyl groups excluding tert-OH is 1. The zero-order valence-corrected chi connectivity index (χ0v) is 21.5. The van der Waals surface area contributed by atoms with Crippen LogP contribution in [-0.2, 0) is 0 Å². The average molecular weight is 509 g/mol. The molecule has 9 nitrogen and oxygen atoms in total. The van der Waals surface area contributed by atoms with Gasteiger partial charge >= 0.3 is 0 Å². The number of rotatable bonds is 6. The number of piperazine rings is 1. The minimum atomic E-state index is -0.757. The molecule has 0 radical (unpaired) electrons. The van der Waals surface area contributed by atoms with E-state index in [0.29, 0.717) is 29.0 Å². The van der Waals surface area contributed by atoms with Gasteiger partial charge < -0.3 is 30.5 Å². The minimum absolute atomic E-state index is 0.104. The van der Waals surface area contributed by atoms with E-state index in [9.17, 15) is 5.11 Å². The average Bonchev–Trinajstić information content (AvgIpc) is 3.26. The van der Waals surface area contributed by atoms with Crippen molar-refractivity contribution in [1.29, 1.82) is 0 Å². The van der Waals surface area contributed by atoms with Crippen molar-refractivity contribution < 1.29 is 5.11 Å². The molecule has 0 aliphatic carbocycles. The van der Waals surface area contributed by atoms with Crippen LogP contribution in [0.5, 0.6) is 0 Å². The van der Waals surface area contributed by atoms with Gasteiger partial charge in [0, 0.05) is 62.9 Å². The van der Waals surface area contributed by atoms with Gasteiger partial charge in [0.25, 0.3) is 0 Å². The van der Waals surface area contributed by atoms with Crippen LogP contribution in [0, 0.1) is 11.8 Å². The van der Waals surface area contributed by atoms with Crippen molar-refractivity contribution in [3.8, 4) is 11.8 Å². The number of fused-ring (bicyclic) bond motifs is 1. The molecule has 4 N–H and O–H groups in total. The lowest BCUT2D eigenvalue weighted by molar-refractivity contribution is 0.0319. The molecular weight excluding hydrogens is 476 g/mol. The number of aromatic amines is 1. The number of piperidine rings is 1. The molecule has 2 fully saturated rings. The van der Waals surface area contributed by atoms with E-state index in [0.717, 1.165) is 56.6 Å². The Balaban J connectivity index is 1.33. The Morgan fingerprint density at radius 2 is 1.92 bits per heavy atom. The second-order valence-electron chi connectivity index (χ2n) is 9.46. The van der Waals surface area contributed by atoms with E-state index in [2.05, 4.69) is 73.6 Å². The molecule has 2 unspecified atom stereocenters. The molecule has 1 aromatic carbocycles. The molecule has 2 saturated heterocycles. The van der Waals surface area contributed by atoms with Gasteiger partial charge in [-0.15, -0.1) is 5.92 Å². The fourth-order valence-corrected chi connectivity index (χ4v) is 5.10. The van der Waals surface area contributed by atoms with Crippen LogP contribution in [0.3, 0.4) is 0 Å². The van der Waals surface area contributed by atoms with E-state index in [1.807, 2.05) is 4.90 Å². The summed E-state index contributed by atoms with van der Waals surface area (Å²) in [5, 5.41) is 18.5. The van der Waals surface area contributed by atoms with Crippen molar-refractivity contribution in [1.82, 2.24) is 24.8 Å². The Labute approximate surface area is 216 Å². The highest BCUT2D eigenvalue weighted by molar-refractivity contribution is 6.36. The first-order valence-electron chi connectivity index (χ1n) is 12.5. The summed E-state index contributed by atoms with van der Waals surface area (Å²) < 4.78 is 0. The molecule has 0 amide bonds. The number of H-pyrrole nitrogens is 1. The Kier molecular flexibility index (Phi) is 7.48. The van der Waals surface area contributed by atoms with Crippen LogP contribution in [0.25, 0.3) is 11.0 Å². The van der Waals surface area contributed by atoms with Crippen LogP contribution in [0.1, 0.15) is 19.8 Å². The lowest BCUT2D eigenvalue weighted by atomic mass is 10.1. The highest BCUT2D eigenvalue weighted by Crippen LogP contribution is 2.31. The number of aliphatic hydroxyl groups is 1. The van der Waals surface area contributed by atoms with Crippen LogP contribution in [0.4, 0.5) is 23.1 Å². The number of likely N-dealkylation sites (tertiary alicyclic amines) is 1. The second-order valence-corrected chi connectivity index (χ2v) is 9.87. The van der Waals surface area contributed by atoms with Gasteiger partial charge in [-0.05, 0) is 51.1 Å². The summed E-state index contributed by atoms with van der Waals surface area (Å²) in [5.74, 6) is 6.79. The Bertz CT molecular complexity index is 1240. The molecule has 4 heterocycles. The number of hydrogen-bond acceptors (Lipinski definition) is 8. The second kappa shape index (κ2) is 10.9. The standard InChI is InChI=1S/C26H33ClN8O/c1-3-5-22(36)35-11-4-6-19(17-35)29-25-23-21(27)16-28-24(23)31-26(32-25)30-18-7-9-20(10-8-18)34-14-12-33(2)13-15-34/h7-10,16,19,22,36H,4,6,11-15,17H2,1-2H3,(H3,28,29,30,31,32). The van der Waals surface area contributed by atoms with Crippen molar-refractivity contribution in [3.63, 3.8) is 0 Å².